The van der Waals surface area contributed by atoms with Gasteiger partial charge < -0.3 is 15.0 Å². The first kappa shape index (κ1) is 48.2. The molecule has 3 heteroatoms. The van der Waals surface area contributed by atoms with Crippen LogP contribution in [0.4, 0.5) is 0 Å². The van der Waals surface area contributed by atoms with Crippen LogP contribution in [0.2, 0.25) is 0 Å². The molecule has 0 aromatic carbocycles. The summed E-state index contributed by atoms with van der Waals surface area (Å²) in [6, 6.07) is 0.712. The molecule has 8 unspecified atom stereocenters. The molecule has 0 radical (unpaired) electrons. The largest absolute Gasteiger partial charge is 0.323 e. The van der Waals surface area contributed by atoms with Crippen LogP contribution in [0.15, 0.2) is 36.5 Å². The third-order valence-electron chi connectivity index (χ3n) is 11.2. The molecular weight excluding hydrogens is 548 g/mol. The van der Waals surface area contributed by atoms with Crippen molar-refractivity contribution >= 4 is 6.79 Å². The minimum Gasteiger partial charge on any atom is -0.323 e. The minimum absolute atomic E-state index is 0. The van der Waals surface area contributed by atoms with Crippen LogP contribution in [0.25, 0.3) is 0 Å². The maximum absolute atomic E-state index is 8.00. The van der Waals surface area contributed by atoms with E-state index < -0.39 is 0 Å². The fraction of sp³-hybridized carbons (Fsp3) is 0.833. The predicted octanol–water partition coefficient (Wildman–Crippen LogP) is 12.2. The second kappa shape index (κ2) is 25.8. The number of allylic oxidation sites excluding steroid dienone is 4. The molecular formula is C42H84N2O. The van der Waals surface area contributed by atoms with Gasteiger partial charge in [0.25, 0.3) is 0 Å². The molecule has 4 aliphatic rings. The Morgan fingerprint density at radius 1 is 0.978 bits per heavy atom. The van der Waals surface area contributed by atoms with E-state index in [1.165, 1.54) is 82.7 Å². The van der Waals surface area contributed by atoms with Crippen molar-refractivity contribution in [2.45, 2.75) is 160 Å². The van der Waals surface area contributed by atoms with E-state index in [1.807, 2.05) is 48.6 Å². The Balaban J connectivity index is -0.00000120. The highest BCUT2D eigenvalue weighted by atomic mass is 16.1. The van der Waals surface area contributed by atoms with Gasteiger partial charge in [-0.1, -0.05) is 106 Å². The van der Waals surface area contributed by atoms with Crippen molar-refractivity contribution in [2.75, 3.05) is 27.7 Å². The van der Waals surface area contributed by atoms with Gasteiger partial charge in [-0.3, -0.25) is 0 Å². The zero-order valence-electron chi connectivity index (χ0n) is 32.3. The van der Waals surface area contributed by atoms with E-state index in [0.29, 0.717) is 16.9 Å². The lowest BCUT2D eigenvalue weighted by molar-refractivity contribution is -0.0980. The standard InChI is InChI=1S/C31H51N.C3H8.C2H7N.2C2H6.CH2O.CH4/c1-8-10-22(2)11-9-20-32(7)24(4)27-14-15-28-26-13-12-25-21-23(3)16-18-30(25,5)29(26)17-19-31(27,28)6;2*1-3-2;3*1-2;/h8,21-22,24,26-29H,1,3,9-20H2,2,4-7H3;3H2,1-2H3;3H,1-2H3;2*1-2H3;1H2;1H4. The summed E-state index contributed by atoms with van der Waals surface area (Å²) in [6.45, 7) is 34.0. The molecule has 4 rings (SSSR count). The van der Waals surface area contributed by atoms with Gasteiger partial charge in [-0.25, -0.2) is 0 Å². The molecule has 0 aliphatic heterocycles. The van der Waals surface area contributed by atoms with Gasteiger partial charge in [0.1, 0.15) is 6.79 Å². The summed E-state index contributed by atoms with van der Waals surface area (Å²) in [5.41, 5.74) is 4.16. The molecule has 3 saturated carbocycles. The van der Waals surface area contributed by atoms with Gasteiger partial charge in [-0.2, -0.15) is 0 Å². The fourth-order valence-corrected chi connectivity index (χ4v) is 9.08. The quantitative estimate of drug-likeness (QED) is 0.270. The van der Waals surface area contributed by atoms with Crippen molar-refractivity contribution in [1.82, 2.24) is 10.2 Å². The summed E-state index contributed by atoms with van der Waals surface area (Å²) >= 11 is 0. The number of fused-ring (bicyclic) bond motifs is 5. The molecule has 3 nitrogen and oxygen atoms in total. The van der Waals surface area contributed by atoms with Crippen molar-refractivity contribution in [3.8, 4) is 0 Å². The Hall–Kier alpha value is -1.19. The summed E-state index contributed by atoms with van der Waals surface area (Å²) in [5.74, 6) is 4.50. The third-order valence-corrected chi connectivity index (χ3v) is 11.2. The molecule has 1 N–H and O–H groups in total. The maximum atomic E-state index is 8.00. The number of nitrogens with one attached hydrogen (secondary N) is 1. The van der Waals surface area contributed by atoms with Crippen LogP contribution in [-0.2, 0) is 4.79 Å². The number of rotatable bonds is 8. The lowest BCUT2D eigenvalue weighted by Gasteiger charge is -2.59. The summed E-state index contributed by atoms with van der Waals surface area (Å²) < 4.78 is 0. The van der Waals surface area contributed by atoms with Gasteiger partial charge >= 0.3 is 0 Å². The average Bonchev–Trinajstić information content (AvgIpc) is 3.38. The second-order valence-electron chi connectivity index (χ2n) is 14.1. The second-order valence-corrected chi connectivity index (χ2v) is 14.1. The summed E-state index contributed by atoms with van der Waals surface area (Å²) in [7, 11) is 6.15. The fourth-order valence-electron chi connectivity index (χ4n) is 9.08. The van der Waals surface area contributed by atoms with Gasteiger partial charge in [-0.15, -0.1) is 6.58 Å². The molecule has 0 aromatic rings. The normalized spacial score (nSPS) is 30.2. The first-order valence-corrected chi connectivity index (χ1v) is 18.6. The Morgan fingerprint density at radius 3 is 2.07 bits per heavy atom. The number of hydrogen-bond acceptors (Lipinski definition) is 3. The van der Waals surface area contributed by atoms with E-state index in [1.54, 1.807) is 5.57 Å². The molecule has 0 amide bonds. The van der Waals surface area contributed by atoms with E-state index in [0.717, 1.165) is 36.0 Å². The van der Waals surface area contributed by atoms with Gasteiger partial charge in [0.15, 0.2) is 0 Å². The summed E-state index contributed by atoms with van der Waals surface area (Å²) in [6.07, 6.45) is 20.9. The van der Waals surface area contributed by atoms with Crippen LogP contribution in [-0.4, -0.2) is 45.4 Å². The predicted molar refractivity (Wildman–Crippen MR) is 207 cm³/mol. The topological polar surface area (TPSA) is 32.3 Å². The lowest BCUT2D eigenvalue weighted by Crippen LogP contribution is -2.52. The number of carbonyl (C=O) groups is 1. The molecule has 3 fully saturated rings. The van der Waals surface area contributed by atoms with Crippen LogP contribution in [0.1, 0.15) is 154 Å². The summed E-state index contributed by atoms with van der Waals surface area (Å²) in [4.78, 5) is 10.7. The molecule has 8 atom stereocenters. The zero-order chi connectivity index (χ0) is 34.5. The van der Waals surface area contributed by atoms with Gasteiger partial charge in [0.05, 0.1) is 0 Å². The Kier molecular flexibility index (Phi) is 27.7. The van der Waals surface area contributed by atoms with Crippen molar-refractivity contribution in [3.05, 3.63) is 36.5 Å². The van der Waals surface area contributed by atoms with E-state index in [4.69, 9.17) is 4.79 Å². The Labute approximate surface area is 285 Å². The maximum Gasteiger partial charge on any atom is 0.106 e. The number of nitrogens with zero attached hydrogens (tertiary/aromatic N) is 1. The van der Waals surface area contributed by atoms with Crippen LogP contribution in [0.3, 0.4) is 0 Å². The minimum atomic E-state index is 0. The summed E-state index contributed by atoms with van der Waals surface area (Å²) in [5, 5.41) is 2.75. The van der Waals surface area contributed by atoms with Gasteiger partial charge in [0, 0.05) is 6.04 Å². The highest BCUT2D eigenvalue weighted by molar-refractivity contribution is 5.33. The first-order chi connectivity index (χ1) is 21.0. The van der Waals surface area contributed by atoms with E-state index in [2.05, 4.69) is 84.1 Å². The number of hydrogen-bond donors (Lipinski definition) is 1. The van der Waals surface area contributed by atoms with Gasteiger partial charge in [0.2, 0.25) is 0 Å². The molecule has 0 heterocycles. The molecule has 0 spiro atoms. The molecule has 0 saturated heterocycles. The molecule has 4 aliphatic carbocycles. The van der Waals surface area contributed by atoms with Crippen molar-refractivity contribution in [1.29, 1.82) is 0 Å². The monoisotopic (exact) mass is 633 g/mol. The van der Waals surface area contributed by atoms with Crippen LogP contribution in [0.5, 0.6) is 0 Å². The van der Waals surface area contributed by atoms with Crippen LogP contribution >= 0.6 is 0 Å². The molecule has 0 bridgehead atoms. The molecule has 268 valence electrons. The Morgan fingerprint density at radius 2 is 1.53 bits per heavy atom. The highest BCUT2D eigenvalue weighted by Crippen LogP contribution is 2.67. The van der Waals surface area contributed by atoms with Crippen LogP contribution < -0.4 is 5.32 Å². The van der Waals surface area contributed by atoms with Crippen molar-refractivity contribution < 1.29 is 4.79 Å². The number of carbonyl (C=O) groups excluding carboxylic acids is 1. The Bertz CT molecular complexity index is 788. The smallest absolute Gasteiger partial charge is 0.106 e. The van der Waals surface area contributed by atoms with Crippen LogP contribution in [0, 0.1) is 40.4 Å². The van der Waals surface area contributed by atoms with E-state index in [9.17, 15) is 0 Å². The van der Waals surface area contributed by atoms with E-state index in [-0.39, 0.29) is 7.43 Å². The van der Waals surface area contributed by atoms with E-state index >= 15 is 0 Å². The molecule has 45 heavy (non-hydrogen) atoms. The zero-order valence-corrected chi connectivity index (χ0v) is 32.3. The first-order valence-electron chi connectivity index (χ1n) is 18.6. The average molecular weight is 633 g/mol. The van der Waals surface area contributed by atoms with Crippen molar-refractivity contribution in [2.24, 2.45) is 40.4 Å². The highest BCUT2D eigenvalue weighted by Gasteiger charge is 2.59. The lowest BCUT2D eigenvalue weighted by atomic mass is 9.46. The SMILES string of the molecule is C.C=CCC(C)CCCN(C)C(C)C1CCC2C3CCC4=CC(=C)CCC4(C)C3CCC21C.C=O.CC.CC.CCC.CNC. The van der Waals surface area contributed by atoms with Gasteiger partial charge in [-0.05, 0) is 146 Å². The van der Waals surface area contributed by atoms with Crippen molar-refractivity contribution in [3.63, 3.8) is 0 Å². The third kappa shape index (κ3) is 13.1. The molecule has 0 aromatic heterocycles.